The largest absolute Gasteiger partial charge is 0.507 e. The molecule has 0 bridgehead atoms. The molecule has 33 heavy (non-hydrogen) atoms. The predicted molar refractivity (Wildman–Crippen MR) is 137 cm³/mol. The van der Waals surface area contributed by atoms with Crippen molar-refractivity contribution < 1.29 is 10.2 Å². The van der Waals surface area contributed by atoms with Crippen LogP contribution in [0.1, 0.15) is 56.0 Å². The zero-order valence-electron chi connectivity index (χ0n) is 20.3. The molecule has 0 atom stereocenters. The summed E-state index contributed by atoms with van der Waals surface area (Å²) in [6.07, 6.45) is 0. The minimum Gasteiger partial charge on any atom is -0.507 e. The van der Waals surface area contributed by atoms with Gasteiger partial charge in [-0.15, -0.1) is 0 Å². The van der Waals surface area contributed by atoms with E-state index in [4.69, 9.17) is 0 Å². The molecule has 2 heteroatoms. The van der Waals surface area contributed by atoms with Gasteiger partial charge < -0.3 is 10.2 Å². The summed E-state index contributed by atoms with van der Waals surface area (Å²) >= 11 is 0. The first-order chi connectivity index (χ1) is 15.7. The van der Waals surface area contributed by atoms with Crippen LogP contribution in [0.2, 0.25) is 0 Å². The van der Waals surface area contributed by atoms with Gasteiger partial charge in [0.2, 0.25) is 0 Å². The lowest BCUT2D eigenvalue weighted by molar-refractivity contribution is 0.465. The molecule has 0 aliphatic carbocycles. The standard InChI is InChI=1S/C31H32O2/c1-18-16-27(20(3)22(5)30(18)32)29(28-17-19(2)31(33)23(6)21(28)4)26-14-12-25(13-15-26)24-10-8-7-9-11-24/h7-17,29,32-33H,1-6H3. The second kappa shape index (κ2) is 8.78. The third kappa shape index (κ3) is 4.02. The van der Waals surface area contributed by atoms with E-state index >= 15 is 0 Å². The molecular formula is C31H32O2. The summed E-state index contributed by atoms with van der Waals surface area (Å²) in [4.78, 5) is 0. The van der Waals surface area contributed by atoms with Crippen molar-refractivity contribution >= 4 is 0 Å². The van der Waals surface area contributed by atoms with E-state index in [2.05, 4.69) is 74.5 Å². The maximum Gasteiger partial charge on any atom is 0.121 e. The Bertz CT molecular complexity index is 1250. The van der Waals surface area contributed by atoms with E-state index in [0.29, 0.717) is 11.5 Å². The molecule has 2 N–H and O–H groups in total. The fourth-order valence-corrected chi connectivity index (χ4v) is 4.82. The summed E-state index contributed by atoms with van der Waals surface area (Å²) in [5.41, 5.74) is 11.7. The van der Waals surface area contributed by atoms with Gasteiger partial charge in [-0.3, -0.25) is 0 Å². The number of phenols is 2. The molecule has 2 nitrogen and oxygen atoms in total. The SMILES string of the molecule is Cc1cc(C(c2ccc(-c3ccccc3)cc2)c2cc(C)c(O)c(C)c2C)c(C)c(C)c1O. The molecule has 168 valence electrons. The van der Waals surface area contributed by atoms with Gasteiger partial charge in [0, 0.05) is 5.92 Å². The van der Waals surface area contributed by atoms with Crippen molar-refractivity contribution in [2.45, 2.75) is 47.5 Å². The van der Waals surface area contributed by atoms with Crippen LogP contribution in [0.25, 0.3) is 11.1 Å². The zero-order chi connectivity index (χ0) is 23.9. The predicted octanol–water partition coefficient (Wildman–Crippen LogP) is 7.80. The Morgan fingerprint density at radius 3 is 1.39 bits per heavy atom. The molecular weight excluding hydrogens is 404 g/mol. The van der Waals surface area contributed by atoms with E-state index in [1.165, 1.54) is 27.8 Å². The van der Waals surface area contributed by atoms with E-state index < -0.39 is 0 Å². The molecule has 0 aliphatic heterocycles. The van der Waals surface area contributed by atoms with Crippen molar-refractivity contribution in [1.82, 2.24) is 0 Å². The average molecular weight is 437 g/mol. The van der Waals surface area contributed by atoms with Crippen molar-refractivity contribution in [2.24, 2.45) is 0 Å². The highest BCUT2D eigenvalue weighted by Crippen LogP contribution is 2.42. The molecule has 0 fully saturated rings. The molecule has 4 rings (SSSR count). The van der Waals surface area contributed by atoms with Gasteiger partial charge in [-0.2, -0.15) is 0 Å². The van der Waals surface area contributed by atoms with Crippen LogP contribution in [-0.2, 0) is 0 Å². The summed E-state index contributed by atoms with van der Waals surface area (Å²) in [6.45, 7) is 12.1. The highest BCUT2D eigenvalue weighted by atomic mass is 16.3. The Morgan fingerprint density at radius 2 is 0.939 bits per heavy atom. The van der Waals surface area contributed by atoms with E-state index in [9.17, 15) is 10.2 Å². The molecule has 0 spiro atoms. The Balaban J connectivity index is 1.96. The van der Waals surface area contributed by atoms with Gasteiger partial charge in [0.25, 0.3) is 0 Å². The van der Waals surface area contributed by atoms with Crippen molar-refractivity contribution in [3.63, 3.8) is 0 Å². The van der Waals surface area contributed by atoms with Gasteiger partial charge in [-0.1, -0.05) is 66.7 Å². The lowest BCUT2D eigenvalue weighted by atomic mass is 9.78. The first-order valence-corrected chi connectivity index (χ1v) is 11.4. The van der Waals surface area contributed by atoms with Gasteiger partial charge >= 0.3 is 0 Å². The molecule has 4 aromatic carbocycles. The summed E-state index contributed by atoms with van der Waals surface area (Å²) < 4.78 is 0. The number of hydrogen-bond acceptors (Lipinski definition) is 2. The lowest BCUT2D eigenvalue weighted by Gasteiger charge is -2.26. The summed E-state index contributed by atoms with van der Waals surface area (Å²) in [5, 5.41) is 21.1. The zero-order valence-corrected chi connectivity index (χ0v) is 20.3. The smallest absolute Gasteiger partial charge is 0.121 e. The number of rotatable bonds is 4. The number of hydrogen-bond donors (Lipinski definition) is 2. The minimum absolute atomic E-state index is 0.00850. The quantitative estimate of drug-likeness (QED) is 0.320. The Hall–Kier alpha value is -3.52. The van der Waals surface area contributed by atoms with Crippen LogP contribution >= 0.6 is 0 Å². The molecule has 0 heterocycles. The molecule has 0 amide bonds. The highest BCUT2D eigenvalue weighted by Gasteiger charge is 2.25. The maximum absolute atomic E-state index is 10.5. The Kier molecular flexibility index (Phi) is 6.03. The fourth-order valence-electron chi connectivity index (χ4n) is 4.82. The summed E-state index contributed by atoms with van der Waals surface area (Å²) in [5.74, 6) is 0.722. The third-order valence-corrected chi connectivity index (χ3v) is 7.17. The summed E-state index contributed by atoms with van der Waals surface area (Å²) in [6, 6.07) is 23.4. The monoisotopic (exact) mass is 436 g/mol. The van der Waals surface area contributed by atoms with Gasteiger partial charge in [0.1, 0.15) is 11.5 Å². The van der Waals surface area contributed by atoms with Crippen molar-refractivity contribution in [2.75, 3.05) is 0 Å². The van der Waals surface area contributed by atoms with Crippen LogP contribution in [0.15, 0.2) is 66.7 Å². The van der Waals surface area contributed by atoms with E-state index in [1.54, 1.807) is 0 Å². The van der Waals surface area contributed by atoms with Crippen LogP contribution in [0.3, 0.4) is 0 Å². The molecule has 0 aliphatic rings. The van der Waals surface area contributed by atoms with E-state index in [1.807, 2.05) is 33.8 Å². The third-order valence-electron chi connectivity index (χ3n) is 7.17. The second-order valence-electron chi connectivity index (χ2n) is 9.18. The lowest BCUT2D eigenvalue weighted by Crippen LogP contribution is -2.10. The average Bonchev–Trinajstić information content (AvgIpc) is 2.83. The first kappa shape index (κ1) is 22.7. The topological polar surface area (TPSA) is 40.5 Å². The van der Waals surface area contributed by atoms with Crippen molar-refractivity contribution in [1.29, 1.82) is 0 Å². The van der Waals surface area contributed by atoms with Gasteiger partial charge in [0.15, 0.2) is 0 Å². The van der Waals surface area contributed by atoms with Crippen LogP contribution < -0.4 is 0 Å². The van der Waals surface area contributed by atoms with Crippen molar-refractivity contribution in [3.8, 4) is 22.6 Å². The van der Waals surface area contributed by atoms with Gasteiger partial charge in [-0.25, -0.2) is 0 Å². The number of benzene rings is 4. The van der Waals surface area contributed by atoms with E-state index in [0.717, 1.165) is 33.4 Å². The number of phenolic OH excluding ortho intramolecular Hbond substituents is 2. The van der Waals surface area contributed by atoms with Gasteiger partial charge in [0.05, 0.1) is 0 Å². The maximum atomic E-state index is 10.5. The van der Waals surface area contributed by atoms with Crippen LogP contribution in [0, 0.1) is 41.5 Å². The molecule has 0 saturated heterocycles. The van der Waals surface area contributed by atoms with Crippen LogP contribution in [0.4, 0.5) is 0 Å². The molecule has 0 unspecified atom stereocenters. The van der Waals surface area contributed by atoms with Crippen molar-refractivity contribution in [3.05, 3.63) is 117 Å². The molecule has 4 aromatic rings. The normalized spacial score (nSPS) is 11.2. The first-order valence-electron chi connectivity index (χ1n) is 11.4. The number of aryl methyl sites for hydroxylation is 2. The fraction of sp³-hybridized carbons (Fsp3) is 0.226. The van der Waals surface area contributed by atoms with Gasteiger partial charge in [-0.05, 0) is 103 Å². The second-order valence-corrected chi connectivity index (χ2v) is 9.18. The number of aromatic hydroxyl groups is 2. The van der Waals surface area contributed by atoms with Crippen LogP contribution in [0.5, 0.6) is 11.5 Å². The molecule has 0 saturated carbocycles. The summed E-state index contributed by atoms with van der Waals surface area (Å²) in [7, 11) is 0. The molecule has 0 radical (unpaired) electrons. The molecule has 0 aromatic heterocycles. The minimum atomic E-state index is -0.00850. The Labute approximate surface area is 197 Å². The highest BCUT2D eigenvalue weighted by molar-refractivity contribution is 5.65. The van der Waals surface area contributed by atoms with Crippen LogP contribution in [-0.4, -0.2) is 10.2 Å². The Morgan fingerprint density at radius 1 is 0.515 bits per heavy atom. The van der Waals surface area contributed by atoms with E-state index in [-0.39, 0.29) is 5.92 Å².